The van der Waals surface area contributed by atoms with Crippen LogP contribution in [0.25, 0.3) is 5.69 Å². The van der Waals surface area contributed by atoms with Gasteiger partial charge in [0.15, 0.2) is 5.16 Å². The molecule has 27 heavy (non-hydrogen) atoms. The number of carbonyl (C=O) groups excluding carboxylic acids is 1. The Kier molecular flexibility index (Phi) is 5.65. The van der Waals surface area contributed by atoms with Gasteiger partial charge in [-0.15, -0.1) is 0 Å². The fourth-order valence-electron chi connectivity index (χ4n) is 3.05. The highest BCUT2D eigenvalue weighted by molar-refractivity contribution is 7.98. The molecule has 0 aliphatic heterocycles. The molecule has 3 aromatic rings. The van der Waals surface area contributed by atoms with E-state index in [2.05, 4.69) is 15.4 Å². The van der Waals surface area contributed by atoms with E-state index in [0.29, 0.717) is 29.5 Å². The Morgan fingerprint density at radius 1 is 1.26 bits per heavy atom. The Morgan fingerprint density at radius 2 is 1.96 bits per heavy atom. The Labute approximate surface area is 161 Å². The van der Waals surface area contributed by atoms with Gasteiger partial charge in [-0.2, -0.15) is 5.10 Å². The molecule has 1 amide bonds. The number of aryl methyl sites for hydroxylation is 2. The van der Waals surface area contributed by atoms with Crippen molar-refractivity contribution < 1.29 is 9.18 Å². The van der Waals surface area contributed by atoms with E-state index < -0.39 is 0 Å². The Hall–Kier alpha value is -2.61. The third kappa shape index (κ3) is 3.90. The summed E-state index contributed by atoms with van der Waals surface area (Å²) in [5, 5.41) is 8.02. The van der Waals surface area contributed by atoms with Gasteiger partial charge in [-0.05, 0) is 56.4 Å². The zero-order valence-electron chi connectivity index (χ0n) is 15.8. The minimum atomic E-state index is -0.322. The van der Waals surface area contributed by atoms with Crippen molar-refractivity contribution >= 4 is 17.7 Å². The van der Waals surface area contributed by atoms with Gasteiger partial charge in [0.05, 0.1) is 11.9 Å². The lowest BCUT2D eigenvalue weighted by atomic mass is 10.1. The van der Waals surface area contributed by atoms with E-state index in [-0.39, 0.29) is 11.7 Å². The molecule has 0 saturated heterocycles. The van der Waals surface area contributed by atoms with E-state index >= 15 is 0 Å². The van der Waals surface area contributed by atoms with Crippen molar-refractivity contribution in [3.63, 3.8) is 0 Å². The standard InChI is InChI=1S/C19H22FN5OS/c1-12-16(13(2)24(3)23-12)9-10-21-18(26)17-11-22-19(27-4)25(17)15-7-5-14(20)6-8-15/h5-8,11H,9-10H2,1-4H3,(H,21,26). The molecule has 2 heterocycles. The summed E-state index contributed by atoms with van der Waals surface area (Å²) in [6.45, 7) is 4.49. The smallest absolute Gasteiger partial charge is 0.269 e. The fourth-order valence-corrected chi connectivity index (χ4v) is 3.59. The number of amides is 1. The highest BCUT2D eigenvalue weighted by atomic mass is 32.2. The molecular weight excluding hydrogens is 365 g/mol. The third-order valence-electron chi connectivity index (χ3n) is 4.55. The number of rotatable bonds is 6. The van der Waals surface area contributed by atoms with Gasteiger partial charge in [-0.3, -0.25) is 14.0 Å². The maximum Gasteiger partial charge on any atom is 0.269 e. The molecule has 6 nitrogen and oxygen atoms in total. The minimum absolute atomic E-state index is 0.216. The van der Waals surface area contributed by atoms with Crippen LogP contribution in [0.15, 0.2) is 35.6 Å². The molecule has 0 bridgehead atoms. The van der Waals surface area contributed by atoms with Crippen LogP contribution in [0.4, 0.5) is 4.39 Å². The average molecular weight is 387 g/mol. The van der Waals surface area contributed by atoms with Gasteiger partial charge < -0.3 is 5.32 Å². The molecule has 0 fully saturated rings. The van der Waals surface area contributed by atoms with Crippen molar-refractivity contribution in [2.75, 3.05) is 12.8 Å². The highest BCUT2D eigenvalue weighted by Gasteiger charge is 2.18. The number of halogens is 1. The van der Waals surface area contributed by atoms with Crippen molar-refractivity contribution in [2.45, 2.75) is 25.4 Å². The number of aromatic nitrogens is 4. The summed E-state index contributed by atoms with van der Waals surface area (Å²) < 4.78 is 16.8. The normalized spacial score (nSPS) is 11.0. The van der Waals surface area contributed by atoms with Crippen LogP contribution < -0.4 is 5.32 Å². The molecule has 1 N–H and O–H groups in total. The molecule has 3 rings (SSSR count). The maximum absolute atomic E-state index is 13.2. The monoisotopic (exact) mass is 387 g/mol. The van der Waals surface area contributed by atoms with Crippen molar-refractivity contribution in [1.82, 2.24) is 24.6 Å². The summed E-state index contributed by atoms with van der Waals surface area (Å²) in [7, 11) is 1.91. The van der Waals surface area contributed by atoms with E-state index in [9.17, 15) is 9.18 Å². The van der Waals surface area contributed by atoms with Gasteiger partial charge >= 0.3 is 0 Å². The number of imidazole rings is 1. The molecule has 0 saturated carbocycles. The SMILES string of the molecule is CSc1ncc(C(=O)NCCc2c(C)nn(C)c2C)n1-c1ccc(F)cc1. The first-order valence-corrected chi connectivity index (χ1v) is 9.79. The van der Waals surface area contributed by atoms with E-state index in [4.69, 9.17) is 0 Å². The third-order valence-corrected chi connectivity index (χ3v) is 5.20. The first-order valence-electron chi connectivity index (χ1n) is 8.57. The number of hydrogen-bond donors (Lipinski definition) is 1. The van der Waals surface area contributed by atoms with Gasteiger partial charge in [0, 0.05) is 25.0 Å². The van der Waals surface area contributed by atoms with Gasteiger partial charge in [0.2, 0.25) is 0 Å². The molecule has 1 aromatic carbocycles. The summed E-state index contributed by atoms with van der Waals surface area (Å²) in [5.41, 5.74) is 4.34. The quantitative estimate of drug-likeness (QED) is 0.660. The van der Waals surface area contributed by atoms with Crippen molar-refractivity contribution in [1.29, 1.82) is 0 Å². The van der Waals surface area contributed by atoms with E-state index in [1.165, 1.54) is 23.9 Å². The van der Waals surface area contributed by atoms with Gasteiger partial charge in [-0.1, -0.05) is 11.8 Å². The Morgan fingerprint density at radius 3 is 2.56 bits per heavy atom. The predicted octanol–water partition coefficient (Wildman–Crippen LogP) is 3.06. The van der Waals surface area contributed by atoms with Crippen LogP contribution in [0.2, 0.25) is 0 Å². The molecule has 8 heteroatoms. The molecule has 0 spiro atoms. The van der Waals surface area contributed by atoms with Gasteiger partial charge in [0.1, 0.15) is 11.5 Å². The largest absolute Gasteiger partial charge is 0.350 e. The number of thioether (sulfide) groups is 1. The fraction of sp³-hybridized carbons (Fsp3) is 0.316. The molecule has 0 atom stereocenters. The van der Waals surface area contributed by atoms with Crippen molar-refractivity contribution in [3.8, 4) is 5.69 Å². The summed E-state index contributed by atoms with van der Waals surface area (Å²) in [4.78, 5) is 17.0. The summed E-state index contributed by atoms with van der Waals surface area (Å²) >= 11 is 1.43. The highest BCUT2D eigenvalue weighted by Crippen LogP contribution is 2.22. The summed E-state index contributed by atoms with van der Waals surface area (Å²) in [6.07, 6.45) is 4.14. The van der Waals surface area contributed by atoms with Crippen LogP contribution >= 0.6 is 11.8 Å². The molecule has 142 valence electrons. The van der Waals surface area contributed by atoms with E-state index in [0.717, 1.165) is 17.0 Å². The number of nitrogens with zero attached hydrogens (tertiary/aromatic N) is 4. The first kappa shape index (κ1) is 19.2. The Bertz CT molecular complexity index is 961. The lowest BCUT2D eigenvalue weighted by Crippen LogP contribution is -2.28. The molecule has 0 radical (unpaired) electrons. The number of benzene rings is 1. The molecule has 0 unspecified atom stereocenters. The second-order valence-electron chi connectivity index (χ2n) is 6.22. The number of hydrogen-bond acceptors (Lipinski definition) is 4. The minimum Gasteiger partial charge on any atom is -0.350 e. The molecular formula is C19H22FN5OS. The predicted molar refractivity (Wildman–Crippen MR) is 104 cm³/mol. The van der Waals surface area contributed by atoms with Crippen LogP contribution in [0.3, 0.4) is 0 Å². The van der Waals surface area contributed by atoms with Crippen LogP contribution in [0.1, 0.15) is 27.4 Å². The first-order chi connectivity index (χ1) is 12.9. The van der Waals surface area contributed by atoms with Crippen LogP contribution in [0.5, 0.6) is 0 Å². The summed E-state index contributed by atoms with van der Waals surface area (Å²) in [6, 6.07) is 6.01. The van der Waals surface area contributed by atoms with Crippen molar-refractivity contribution in [2.24, 2.45) is 7.05 Å². The summed E-state index contributed by atoms with van der Waals surface area (Å²) in [5.74, 6) is -0.538. The maximum atomic E-state index is 13.2. The molecule has 2 aromatic heterocycles. The van der Waals surface area contributed by atoms with Crippen LogP contribution in [0, 0.1) is 19.7 Å². The molecule has 0 aliphatic rings. The zero-order valence-corrected chi connectivity index (χ0v) is 16.6. The number of carbonyl (C=O) groups is 1. The van der Waals surface area contributed by atoms with E-state index in [1.54, 1.807) is 22.9 Å². The van der Waals surface area contributed by atoms with Gasteiger partial charge in [0.25, 0.3) is 5.91 Å². The second kappa shape index (κ2) is 7.96. The lowest BCUT2D eigenvalue weighted by Gasteiger charge is -2.11. The van der Waals surface area contributed by atoms with E-state index in [1.807, 2.05) is 31.8 Å². The van der Waals surface area contributed by atoms with Gasteiger partial charge in [-0.25, -0.2) is 9.37 Å². The average Bonchev–Trinajstić information content (AvgIpc) is 3.18. The van der Waals surface area contributed by atoms with Crippen LogP contribution in [-0.2, 0) is 13.5 Å². The van der Waals surface area contributed by atoms with Crippen molar-refractivity contribution in [3.05, 3.63) is 58.9 Å². The Balaban J connectivity index is 1.77. The van der Waals surface area contributed by atoms with Crippen LogP contribution in [-0.4, -0.2) is 38.0 Å². The molecule has 0 aliphatic carbocycles. The topological polar surface area (TPSA) is 64.7 Å². The number of nitrogens with one attached hydrogen (secondary N) is 1. The lowest BCUT2D eigenvalue weighted by molar-refractivity contribution is 0.0946. The zero-order chi connectivity index (χ0) is 19.6. The second-order valence-corrected chi connectivity index (χ2v) is 6.99.